The Labute approximate surface area is 70.7 Å². The van der Waals surface area contributed by atoms with Gasteiger partial charge in [0.25, 0.3) is 0 Å². The van der Waals surface area contributed by atoms with Gasteiger partial charge in [0.2, 0.25) is 0 Å². The Morgan fingerprint density at radius 3 is 1.82 bits per heavy atom. The Bertz CT molecular complexity index is 145. The molecule has 1 aliphatic rings. The van der Waals surface area contributed by atoms with Crippen molar-refractivity contribution in [3.63, 3.8) is 0 Å². The minimum Gasteiger partial charge on any atom is -0.103 e. The van der Waals surface area contributed by atoms with Crippen LogP contribution in [-0.2, 0) is 0 Å². The minimum atomic E-state index is 0.599. The molecule has 0 aromatic rings. The van der Waals surface area contributed by atoms with Gasteiger partial charge in [-0.2, -0.15) is 0 Å². The highest BCUT2D eigenvalue weighted by Gasteiger charge is 2.55. The maximum atomic E-state index is 3.88. The van der Waals surface area contributed by atoms with Crippen molar-refractivity contribution in [3.8, 4) is 0 Å². The predicted molar refractivity (Wildman–Crippen MR) is 50.4 cm³/mol. The molecule has 1 fully saturated rings. The van der Waals surface area contributed by atoms with Gasteiger partial charge in [-0.15, -0.1) is 6.58 Å². The molecular weight excluding hydrogens is 132 g/mol. The monoisotopic (exact) mass is 152 g/mol. The lowest BCUT2D eigenvalue weighted by Gasteiger charge is -2.25. The zero-order chi connectivity index (χ0) is 8.65. The van der Waals surface area contributed by atoms with E-state index in [1.807, 2.05) is 0 Å². The van der Waals surface area contributed by atoms with Crippen LogP contribution in [0.4, 0.5) is 0 Å². The van der Waals surface area contributed by atoms with Crippen LogP contribution in [0.2, 0.25) is 0 Å². The van der Waals surface area contributed by atoms with E-state index in [4.69, 9.17) is 0 Å². The number of rotatable bonds is 3. The van der Waals surface area contributed by atoms with Gasteiger partial charge in [-0.05, 0) is 29.6 Å². The fraction of sp³-hybridized carbons (Fsp3) is 0.818. The van der Waals surface area contributed by atoms with Crippen LogP contribution in [0.15, 0.2) is 12.7 Å². The highest BCUT2D eigenvalue weighted by molar-refractivity contribution is 5.12. The maximum absolute atomic E-state index is 3.88. The summed E-state index contributed by atoms with van der Waals surface area (Å²) in [5, 5.41) is 0. The van der Waals surface area contributed by atoms with Crippen LogP contribution >= 0.6 is 0 Å². The lowest BCUT2D eigenvalue weighted by Crippen LogP contribution is -2.19. The highest BCUT2D eigenvalue weighted by atomic mass is 14.6. The molecule has 0 heteroatoms. The topological polar surface area (TPSA) is 0 Å². The van der Waals surface area contributed by atoms with E-state index in [0.717, 1.165) is 17.8 Å². The smallest absolute Gasteiger partial charge is 0.0169 e. The van der Waals surface area contributed by atoms with Gasteiger partial charge in [-0.3, -0.25) is 0 Å². The molecule has 1 saturated carbocycles. The minimum absolute atomic E-state index is 0.599. The molecule has 1 rings (SSSR count). The lowest BCUT2D eigenvalue weighted by molar-refractivity contribution is 0.243. The molecule has 0 spiro atoms. The summed E-state index contributed by atoms with van der Waals surface area (Å²) in [6.45, 7) is 13.2. The Kier molecular flexibility index (Phi) is 2.13. The molecule has 0 N–H and O–H groups in total. The van der Waals surface area contributed by atoms with E-state index in [2.05, 4.69) is 40.3 Å². The van der Waals surface area contributed by atoms with Crippen LogP contribution in [0.3, 0.4) is 0 Å². The zero-order valence-electron chi connectivity index (χ0n) is 8.22. The average Bonchev–Trinajstić information content (AvgIpc) is 2.61. The summed E-state index contributed by atoms with van der Waals surface area (Å²) in [6, 6.07) is 0. The van der Waals surface area contributed by atoms with Gasteiger partial charge >= 0.3 is 0 Å². The molecule has 0 nitrogen and oxygen atoms in total. The number of allylic oxidation sites excluding steroid dienone is 1. The third-order valence-corrected chi connectivity index (χ3v) is 3.54. The SMILES string of the molecule is C=CC1CC1(C(C)C)C(C)C. The van der Waals surface area contributed by atoms with Gasteiger partial charge < -0.3 is 0 Å². The van der Waals surface area contributed by atoms with Gasteiger partial charge in [-0.1, -0.05) is 33.8 Å². The Morgan fingerprint density at radius 1 is 1.27 bits per heavy atom. The molecule has 0 radical (unpaired) electrons. The van der Waals surface area contributed by atoms with E-state index in [1.54, 1.807) is 0 Å². The first-order chi connectivity index (χ1) is 5.05. The zero-order valence-corrected chi connectivity index (χ0v) is 8.22. The van der Waals surface area contributed by atoms with Crippen molar-refractivity contribution in [1.82, 2.24) is 0 Å². The van der Waals surface area contributed by atoms with E-state index >= 15 is 0 Å². The van der Waals surface area contributed by atoms with E-state index in [9.17, 15) is 0 Å². The quantitative estimate of drug-likeness (QED) is 0.543. The predicted octanol–water partition coefficient (Wildman–Crippen LogP) is 3.49. The van der Waals surface area contributed by atoms with Gasteiger partial charge in [0.1, 0.15) is 0 Å². The highest BCUT2D eigenvalue weighted by Crippen LogP contribution is 2.62. The van der Waals surface area contributed by atoms with Crippen molar-refractivity contribution in [2.75, 3.05) is 0 Å². The molecular formula is C11H20. The van der Waals surface area contributed by atoms with Crippen LogP contribution in [-0.4, -0.2) is 0 Å². The molecule has 0 heterocycles. The molecule has 64 valence electrons. The summed E-state index contributed by atoms with van der Waals surface area (Å²) in [6.07, 6.45) is 3.51. The third kappa shape index (κ3) is 1.13. The van der Waals surface area contributed by atoms with Crippen LogP contribution < -0.4 is 0 Å². The fourth-order valence-corrected chi connectivity index (χ4v) is 2.62. The molecule has 0 aromatic heterocycles. The number of hydrogen-bond acceptors (Lipinski definition) is 0. The first kappa shape index (κ1) is 8.83. The van der Waals surface area contributed by atoms with Crippen molar-refractivity contribution in [3.05, 3.63) is 12.7 Å². The van der Waals surface area contributed by atoms with Crippen LogP contribution in [0.5, 0.6) is 0 Å². The van der Waals surface area contributed by atoms with Crippen LogP contribution in [0.25, 0.3) is 0 Å². The summed E-state index contributed by atoms with van der Waals surface area (Å²) in [4.78, 5) is 0. The molecule has 0 amide bonds. The summed E-state index contributed by atoms with van der Waals surface area (Å²) in [5.74, 6) is 2.42. The molecule has 11 heavy (non-hydrogen) atoms. The second-order valence-electron chi connectivity index (χ2n) is 4.47. The maximum Gasteiger partial charge on any atom is -0.0169 e. The first-order valence-electron chi connectivity index (χ1n) is 4.68. The van der Waals surface area contributed by atoms with Crippen LogP contribution in [0.1, 0.15) is 34.1 Å². The van der Waals surface area contributed by atoms with Crippen molar-refractivity contribution < 1.29 is 0 Å². The normalized spacial score (nSPS) is 27.6. The van der Waals surface area contributed by atoms with E-state index < -0.39 is 0 Å². The van der Waals surface area contributed by atoms with Gasteiger partial charge in [0.05, 0.1) is 0 Å². The second kappa shape index (κ2) is 2.66. The van der Waals surface area contributed by atoms with Crippen molar-refractivity contribution in [1.29, 1.82) is 0 Å². The summed E-state index contributed by atoms with van der Waals surface area (Å²) >= 11 is 0. The standard InChI is InChI=1S/C11H20/c1-6-10-7-11(10,8(2)3)9(4)5/h6,8-10H,1,7H2,2-5H3. The van der Waals surface area contributed by atoms with Crippen molar-refractivity contribution in [2.24, 2.45) is 23.2 Å². The van der Waals surface area contributed by atoms with Crippen molar-refractivity contribution >= 4 is 0 Å². The molecule has 0 bridgehead atoms. The molecule has 0 saturated heterocycles. The van der Waals surface area contributed by atoms with Gasteiger partial charge in [-0.25, -0.2) is 0 Å². The third-order valence-electron chi connectivity index (χ3n) is 3.54. The van der Waals surface area contributed by atoms with E-state index in [1.165, 1.54) is 6.42 Å². The summed E-state index contributed by atoms with van der Waals surface area (Å²) in [7, 11) is 0. The largest absolute Gasteiger partial charge is 0.103 e. The molecule has 0 aliphatic heterocycles. The van der Waals surface area contributed by atoms with Crippen LogP contribution in [0, 0.1) is 23.2 Å². The van der Waals surface area contributed by atoms with Crippen molar-refractivity contribution in [2.45, 2.75) is 34.1 Å². The Balaban J connectivity index is 2.70. The Hall–Kier alpha value is -0.260. The first-order valence-corrected chi connectivity index (χ1v) is 4.68. The van der Waals surface area contributed by atoms with Gasteiger partial charge in [0, 0.05) is 0 Å². The fourth-order valence-electron chi connectivity index (χ4n) is 2.62. The molecule has 1 atom stereocenters. The number of hydrogen-bond donors (Lipinski definition) is 0. The van der Waals surface area contributed by atoms with E-state index in [-0.39, 0.29) is 0 Å². The second-order valence-corrected chi connectivity index (χ2v) is 4.47. The molecule has 1 aliphatic carbocycles. The molecule has 1 unspecified atom stereocenters. The lowest BCUT2D eigenvalue weighted by atomic mass is 9.80. The average molecular weight is 152 g/mol. The summed E-state index contributed by atoms with van der Waals surface area (Å²) in [5.41, 5.74) is 0.599. The Morgan fingerprint density at radius 2 is 1.73 bits per heavy atom. The summed E-state index contributed by atoms with van der Waals surface area (Å²) < 4.78 is 0. The molecule has 0 aromatic carbocycles. The van der Waals surface area contributed by atoms with Gasteiger partial charge in [0.15, 0.2) is 0 Å². The van der Waals surface area contributed by atoms with E-state index in [0.29, 0.717) is 5.41 Å².